The number of fused-ring (bicyclic) bond motifs is 1. The molecule has 2 aliphatic rings. The van der Waals surface area contributed by atoms with E-state index >= 15 is 0 Å². The lowest BCUT2D eigenvalue weighted by Gasteiger charge is -2.32. The molecule has 2 aromatic rings. The molecule has 5 nitrogen and oxygen atoms in total. The van der Waals surface area contributed by atoms with Crippen LogP contribution in [0, 0.1) is 17.6 Å². The standard InChI is InChI=1S/C20H19F2N3O2/c21-13-8-14(22)10-15(9-13)25-11-12(7-19(25)26)20(27)24-6-2-3-16-17(23)4-1-5-18(16)24/h1,4-5,8-10,12H,2-3,6-7,11,23H2. The Morgan fingerprint density at radius 3 is 2.63 bits per heavy atom. The summed E-state index contributed by atoms with van der Waals surface area (Å²) in [5.41, 5.74) is 8.56. The van der Waals surface area contributed by atoms with Gasteiger partial charge in [0.05, 0.1) is 5.92 Å². The highest BCUT2D eigenvalue weighted by Gasteiger charge is 2.39. The van der Waals surface area contributed by atoms with E-state index in [0.717, 1.165) is 42.3 Å². The number of carbonyl (C=O) groups excluding carboxylic acids is 2. The van der Waals surface area contributed by atoms with Crippen LogP contribution in [0.25, 0.3) is 0 Å². The molecular weight excluding hydrogens is 352 g/mol. The van der Waals surface area contributed by atoms with Crippen LogP contribution in [0.4, 0.5) is 25.8 Å². The summed E-state index contributed by atoms with van der Waals surface area (Å²) in [6, 6.07) is 8.43. The molecule has 140 valence electrons. The second kappa shape index (κ2) is 6.64. The number of benzene rings is 2. The van der Waals surface area contributed by atoms with Crippen LogP contribution in [-0.4, -0.2) is 24.9 Å². The highest BCUT2D eigenvalue weighted by atomic mass is 19.1. The lowest BCUT2D eigenvalue weighted by atomic mass is 9.97. The Hall–Kier alpha value is -2.96. The Morgan fingerprint density at radius 2 is 1.89 bits per heavy atom. The van der Waals surface area contributed by atoms with E-state index in [1.54, 1.807) is 11.0 Å². The Bertz CT molecular complexity index is 911. The van der Waals surface area contributed by atoms with Gasteiger partial charge in [-0.3, -0.25) is 9.59 Å². The van der Waals surface area contributed by atoms with E-state index < -0.39 is 17.6 Å². The van der Waals surface area contributed by atoms with Crippen molar-refractivity contribution in [2.75, 3.05) is 28.6 Å². The summed E-state index contributed by atoms with van der Waals surface area (Å²) in [5.74, 6) is -2.55. The fourth-order valence-electron chi connectivity index (χ4n) is 3.92. The van der Waals surface area contributed by atoms with Crippen molar-refractivity contribution >= 4 is 28.9 Å². The van der Waals surface area contributed by atoms with Gasteiger partial charge in [-0.05, 0) is 42.7 Å². The summed E-state index contributed by atoms with van der Waals surface area (Å²) < 4.78 is 27.0. The molecule has 2 N–H and O–H groups in total. The van der Waals surface area contributed by atoms with Crippen molar-refractivity contribution in [3.05, 3.63) is 53.6 Å². The molecule has 1 fully saturated rings. The highest BCUT2D eigenvalue weighted by Crippen LogP contribution is 2.34. The molecule has 2 aliphatic heterocycles. The summed E-state index contributed by atoms with van der Waals surface area (Å²) >= 11 is 0. The van der Waals surface area contributed by atoms with Crippen molar-refractivity contribution in [3.63, 3.8) is 0 Å². The zero-order chi connectivity index (χ0) is 19.1. The van der Waals surface area contributed by atoms with Crippen LogP contribution >= 0.6 is 0 Å². The molecule has 7 heteroatoms. The molecular formula is C20H19F2N3O2. The Kier molecular flexibility index (Phi) is 4.30. The average Bonchev–Trinajstić information content (AvgIpc) is 3.02. The van der Waals surface area contributed by atoms with Crippen molar-refractivity contribution in [2.24, 2.45) is 5.92 Å². The minimum atomic E-state index is -0.756. The largest absolute Gasteiger partial charge is 0.398 e. The van der Waals surface area contributed by atoms with Gasteiger partial charge in [-0.1, -0.05) is 6.07 Å². The molecule has 1 saturated heterocycles. The topological polar surface area (TPSA) is 66.6 Å². The molecule has 2 heterocycles. The normalized spacial score (nSPS) is 19.3. The fourth-order valence-corrected chi connectivity index (χ4v) is 3.92. The SMILES string of the molecule is Nc1cccc2c1CCCN2C(=O)C1CC(=O)N(c2cc(F)cc(F)c2)C1. The number of carbonyl (C=O) groups is 2. The number of nitrogens with zero attached hydrogens (tertiary/aromatic N) is 2. The third kappa shape index (κ3) is 3.13. The van der Waals surface area contributed by atoms with E-state index in [1.165, 1.54) is 4.90 Å². The lowest BCUT2D eigenvalue weighted by molar-refractivity contribution is -0.124. The summed E-state index contributed by atoms with van der Waals surface area (Å²) in [7, 11) is 0. The van der Waals surface area contributed by atoms with E-state index in [0.29, 0.717) is 12.2 Å². The number of halogens is 2. The number of hydrogen-bond donors (Lipinski definition) is 1. The molecule has 0 aromatic heterocycles. The van der Waals surface area contributed by atoms with Crippen molar-refractivity contribution in [2.45, 2.75) is 19.3 Å². The quantitative estimate of drug-likeness (QED) is 0.826. The third-order valence-corrected chi connectivity index (χ3v) is 5.19. The lowest BCUT2D eigenvalue weighted by Crippen LogP contribution is -2.40. The van der Waals surface area contributed by atoms with E-state index in [1.807, 2.05) is 12.1 Å². The predicted octanol–water partition coefficient (Wildman–Crippen LogP) is 2.88. The molecule has 0 bridgehead atoms. The number of anilines is 3. The summed E-state index contributed by atoms with van der Waals surface area (Å²) in [6.45, 7) is 0.670. The van der Waals surface area contributed by atoms with Gasteiger partial charge < -0.3 is 15.5 Å². The maximum Gasteiger partial charge on any atom is 0.232 e. The number of amides is 2. The second-order valence-electron chi connectivity index (χ2n) is 6.97. The van der Waals surface area contributed by atoms with Crippen molar-refractivity contribution in [3.8, 4) is 0 Å². The number of nitrogen functional groups attached to an aromatic ring is 1. The molecule has 4 rings (SSSR count). The van der Waals surface area contributed by atoms with Gasteiger partial charge in [0, 0.05) is 42.6 Å². The number of hydrogen-bond acceptors (Lipinski definition) is 3. The summed E-state index contributed by atoms with van der Waals surface area (Å²) in [4.78, 5) is 28.4. The average molecular weight is 371 g/mol. The van der Waals surface area contributed by atoms with Gasteiger partial charge in [-0.15, -0.1) is 0 Å². The molecule has 0 spiro atoms. The van der Waals surface area contributed by atoms with Crippen LogP contribution in [0.1, 0.15) is 18.4 Å². The molecule has 0 radical (unpaired) electrons. The zero-order valence-electron chi connectivity index (χ0n) is 14.6. The maximum absolute atomic E-state index is 13.5. The monoisotopic (exact) mass is 371 g/mol. The fraction of sp³-hybridized carbons (Fsp3) is 0.300. The van der Waals surface area contributed by atoms with E-state index in [2.05, 4.69) is 0 Å². The van der Waals surface area contributed by atoms with Gasteiger partial charge in [-0.2, -0.15) is 0 Å². The predicted molar refractivity (Wildman–Crippen MR) is 98.3 cm³/mol. The first-order chi connectivity index (χ1) is 12.9. The van der Waals surface area contributed by atoms with Crippen LogP contribution in [0.3, 0.4) is 0 Å². The number of nitrogens with two attached hydrogens (primary N) is 1. The van der Waals surface area contributed by atoms with Crippen LogP contribution in [0.15, 0.2) is 36.4 Å². The Balaban J connectivity index is 1.58. The van der Waals surface area contributed by atoms with Gasteiger partial charge in [0.1, 0.15) is 11.6 Å². The molecule has 2 aromatic carbocycles. The van der Waals surface area contributed by atoms with Crippen molar-refractivity contribution in [1.82, 2.24) is 0 Å². The van der Waals surface area contributed by atoms with Crippen LogP contribution in [-0.2, 0) is 16.0 Å². The van der Waals surface area contributed by atoms with Gasteiger partial charge >= 0.3 is 0 Å². The van der Waals surface area contributed by atoms with E-state index in [4.69, 9.17) is 5.73 Å². The minimum absolute atomic E-state index is 0.0190. The second-order valence-corrected chi connectivity index (χ2v) is 6.97. The van der Waals surface area contributed by atoms with Gasteiger partial charge in [-0.25, -0.2) is 8.78 Å². The molecule has 0 aliphatic carbocycles. The van der Waals surface area contributed by atoms with Gasteiger partial charge in [0.15, 0.2) is 0 Å². The van der Waals surface area contributed by atoms with Crippen molar-refractivity contribution in [1.29, 1.82) is 0 Å². The highest BCUT2D eigenvalue weighted by molar-refractivity contribution is 6.05. The van der Waals surface area contributed by atoms with Crippen LogP contribution in [0.2, 0.25) is 0 Å². The Labute approximate surface area is 155 Å². The first kappa shape index (κ1) is 17.5. The molecule has 2 amide bonds. The molecule has 0 saturated carbocycles. The smallest absolute Gasteiger partial charge is 0.232 e. The third-order valence-electron chi connectivity index (χ3n) is 5.19. The summed E-state index contributed by atoms with van der Waals surface area (Å²) in [5, 5.41) is 0. The minimum Gasteiger partial charge on any atom is -0.398 e. The van der Waals surface area contributed by atoms with Crippen LogP contribution in [0.5, 0.6) is 0 Å². The van der Waals surface area contributed by atoms with E-state index in [-0.39, 0.29) is 30.5 Å². The summed E-state index contributed by atoms with van der Waals surface area (Å²) in [6.07, 6.45) is 1.63. The first-order valence-corrected chi connectivity index (χ1v) is 8.89. The Morgan fingerprint density at radius 1 is 1.15 bits per heavy atom. The number of rotatable bonds is 2. The van der Waals surface area contributed by atoms with Gasteiger partial charge in [0.2, 0.25) is 11.8 Å². The first-order valence-electron chi connectivity index (χ1n) is 8.89. The molecule has 1 atom stereocenters. The molecule has 27 heavy (non-hydrogen) atoms. The zero-order valence-corrected chi connectivity index (χ0v) is 14.6. The molecule has 1 unspecified atom stereocenters. The maximum atomic E-state index is 13.5. The van der Waals surface area contributed by atoms with Gasteiger partial charge in [0.25, 0.3) is 0 Å². The van der Waals surface area contributed by atoms with Crippen molar-refractivity contribution < 1.29 is 18.4 Å². The van der Waals surface area contributed by atoms with Crippen LogP contribution < -0.4 is 15.5 Å². The van der Waals surface area contributed by atoms with E-state index in [9.17, 15) is 18.4 Å².